The van der Waals surface area contributed by atoms with Crippen molar-refractivity contribution < 1.29 is 28.6 Å². The fourth-order valence-corrected chi connectivity index (χ4v) is 7.14. The van der Waals surface area contributed by atoms with Crippen LogP contribution in [0.5, 0.6) is 0 Å². The predicted molar refractivity (Wildman–Crippen MR) is 207 cm³/mol. The molecule has 1 aliphatic heterocycles. The van der Waals surface area contributed by atoms with Crippen molar-refractivity contribution in [2.24, 2.45) is 11.8 Å². The van der Waals surface area contributed by atoms with Crippen LogP contribution < -0.4 is 10.6 Å². The largest absolute Gasteiger partial charge is 0.508 e. The highest BCUT2D eigenvalue weighted by atomic mass is 32.2. The lowest BCUT2D eigenvalue weighted by Crippen LogP contribution is -2.57. The Morgan fingerprint density at radius 3 is 2.20 bits per heavy atom. The molecule has 278 valence electrons. The Kier molecular flexibility index (Phi) is 19.6. The van der Waals surface area contributed by atoms with Gasteiger partial charge in [-0.15, -0.1) is 24.9 Å². The van der Waals surface area contributed by atoms with E-state index in [1.54, 1.807) is 31.7 Å². The highest BCUT2D eigenvalue weighted by Gasteiger charge is 2.38. The Morgan fingerprint density at radius 2 is 1.65 bits per heavy atom. The molecule has 2 fully saturated rings. The van der Waals surface area contributed by atoms with E-state index in [1.807, 2.05) is 58.0 Å². The third-order valence-corrected chi connectivity index (χ3v) is 9.62. The number of aliphatic hydroxyl groups is 2. The number of carbonyl (C=O) groups excluding carboxylic acids is 2. The lowest BCUT2D eigenvalue weighted by atomic mass is 9.90. The summed E-state index contributed by atoms with van der Waals surface area (Å²) in [5.74, 6) is 4.15. The molecule has 2 aliphatic rings. The molecule has 1 heterocycles. The lowest BCUT2D eigenvalue weighted by molar-refractivity contribution is -0.129. The third-order valence-electron chi connectivity index (χ3n) is 8.49. The Bertz CT molecular complexity index is 1330. The molecule has 0 radical (unpaired) electrons. The molecule has 1 aromatic carbocycles. The molecule has 0 aromatic heterocycles. The minimum absolute atomic E-state index is 0.0211. The molecule has 1 aliphatic carbocycles. The number of likely N-dealkylation sites (tertiary alicyclic amines) is 1. The molecule has 2 bridgehead atoms. The van der Waals surface area contributed by atoms with Crippen molar-refractivity contribution in [1.82, 2.24) is 15.5 Å². The summed E-state index contributed by atoms with van der Waals surface area (Å²) in [4.78, 5) is 30.3. The number of β-amino-alcohol motifs (C(OH)–C–C–N with tert-alkyl or cyclic N) is 1. The van der Waals surface area contributed by atoms with E-state index in [4.69, 9.17) is 4.55 Å². The van der Waals surface area contributed by atoms with Gasteiger partial charge in [0.1, 0.15) is 5.76 Å². The zero-order valence-electron chi connectivity index (χ0n) is 30.9. The number of nitrogens with one attached hydrogen (secondary N) is 2. The zero-order chi connectivity index (χ0) is 37.4. The van der Waals surface area contributed by atoms with Crippen LogP contribution in [-0.2, 0) is 19.4 Å². The molecule has 4 unspecified atom stereocenters. The minimum Gasteiger partial charge on any atom is -0.508 e. The Morgan fingerprint density at radius 1 is 1.08 bits per heavy atom. The van der Waals surface area contributed by atoms with Crippen molar-refractivity contribution in [3.05, 3.63) is 66.5 Å². The maximum atomic E-state index is 13.6. The van der Waals surface area contributed by atoms with E-state index in [0.29, 0.717) is 41.7 Å². The van der Waals surface area contributed by atoms with Crippen LogP contribution in [-0.4, -0.2) is 90.4 Å². The number of allylic oxidation sites excluding steroid dienone is 2. The van der Waals surface area contributed by atoms with Crippen molar-refractivity contribution in [2.75, 3.05) is 25.1 Å². The van der Waals surface area contributed by atoms with Gasteiger partial charge in [0.15, 0.2) is 0 Å². The molecular weight excluding hydrogens is 659 g/mol. The Labute approximate surface area is 300 Å². The maximum absolute atomic E-state index is 13.6. The van der Waals surface area contributed by atoms with Gasteiger partial charge in [-0.2, -0.15) is 0 Å². The van der Waals surface area contributed by atoms with E-state index in [1.165, 1.54) is 12.8 Å². The lowest BCUT2D eigenvalue weighted by Gasteiger charge is -2.36. The van der Waals surface area contributed by atoms with Crippen molar-refractivity contribution in [3.63, 3.8) is 0 Å². The van der Waals surface area contributed by atoms with Gasteiger partial charge in [0.2, 0.25) is 11.8 Å². The summed E-state index contributed by atoms with van der Waals surface area (Å²) >= 11 is 1.58. The van der Waals surface area contributed by atoms with E-state index in [-0.39, 0.29) is 29.2 Å². The van der Waals surface area contributed by atoms with Crippen molar-refractivity contribution >= 4 is 39.2 Å². The summed E-state index contributed by atoms with van der Waals surface area (Å²) in [5, 5.41) is 28.4. The van der Waals surface area contributed by atoms with Crippen molar-refractivity contribution in [3.8, 4) is 0 Å². The van der Waals surface area contributed by atoms with Gasteiger partial charge in [-0.3, -0.25) is 14.5 Å². The number of hydrogen-bond donors (Lipinski definition) is 5. The third kappa shape index (κ3) is 17.8. The van der Waals surface area contributed by atoms with Crippen LogP contribution in [0.25, 0.3) is 0 Å². The van der Waals surface area contributed by atoms with Crippen LogP contribution in [0.4, 0.5) is 0 Å². The molecule has 3 rings (SSSR count). The van der Waals surface area contributed by atoms with Gasteiger partial charge in [0, 0.05) is 41.1 Å². The summed E-state index contributed by atoms with van der Waals surface area (Å²) in [5.41, 5.74) is 0.594. The number of benzene rings is 1. The van der Waals surface area contributed by atoms with Crippen LogP contribution in [0, 0.1) is 11.8 Å². The molecule has 9 nitrogen and oxygen atoms in total. The second-order valence-electron chi connectivity index (χ2n) is 14.2. The fourth-order valence-electron chi connectivity index (χ4n) is 6.11. The van der Waals surface area contributed by atoms with Gasteiger partial charge in [0.25, 0.3) is 0 Å². The van der Waals surface area contributed by atoms with Gasteiger partial charge in [-0.05, 0) is 102 Å². The quantitative estimate of drug-likeness (QED) is 0.0430. The summed E-state index contributed by atoms with van der Waals surface area (Å²) < 4.78 is 17.6. The minimum atomic E-state index is -2.67. The number of thioether (sulfide) groups is 1. The number of fused-ring (bicyclic) bond motifs is 2. The van der Waals surface area contributed by atoms with Crippen LogP contribution >= 0.6 is 11.8 Å². The summed E-state index contributed by atoms with van der Waals surface area (Å²) in [7, 11) is -2.67. The summed E-state index contributed by atoms with van der Waals surface area (Å²) in [6, 6.07) is 9.08. The summed E-state index contributed by atoms with van der Waals surface area (Å²) in [6.07, 6.45) is 9.29. The first-order chi connectivity index (χ1) is 22.9. The topological polar surface area (TPSA) is 139 Å². The fraction of sp³-hybridized carbons (Fsp3) is 0.605. The van der Waals surface area contributed by atoms with E-state index >= 15 is 0 Å². The van der Waals surface area contributed by atoms with Crippen LogP contribution in [0.3, 0.4) is 0 Å². The van der Waals surface area contributed by atoms with Gasteiger partial charge < -0.3 is 25.4 Å². The molecule has 6 atom stereocenters. The number of nitrogens with zero attached hydrogens (tertiary/aromatic N) is 1. The Balaban J connectivity index is 0.00000157. The normalized spacial score (nSPS) is 22.9. The first-order valence-corrected chi connectivity index (χ1v) is 20.3. The molecule has 49 heavy (non-hydrogen) atoms. The average Bonchev–Trinajstić information content (AvgIpc) is 3.35. The monoisotopic (exact) mass is 721 g/mol. The van der Waals surface area contributed by atoms with Crippen molar-refractivity contribution in [1.29, 1.82) is 0 Å². The molecule has 1 saturated heterocycles. The van der Waals surface area contributed by atoms with Crippen LogP contribution in [0.2, 0.25) is 0 Å². The van der Waals surface area contributed by atoms with Gasteiger partial charge >= 0.3 is 0 Å². The van der Waals surface area contributed by atoms with E-state index in [9.17, 15) is 24.0 Å². The Hall–Kier alpha value is -2.57. The second-order valence-corrected chi connectivity index (χ2v) is 17.2. The number of carbonyl (C=O) groups is 2. The van der Waals surface area contributed by atoms with Crippen LogP contribution in [0.15, 0.2) is 71.4 Å². The predicted octanol–water partition coefficient (Wildman–Crippen LogP) is 6.61. The first kappa shape index (κ1) is 44.5. The number of rotatable bonds is 11. The molecule has 0 spiro atoms. The smallest absolute Gasteiger partial charge is 0.247 e. The van der Waals surface area contributed by atoms with E-state index in [2.05, 4.69) is 34.6 Å². The van der Waals surface area contributed by atoms with Gasteiger partial charge in [-0.25, -0.2) is 4.21 Å². The molecule has 1 aromatic rings. The number of amides is 2. The molecule has 1 saturated carbocycles. The molecule has 2 amide bonds. The van der Waals surface area contributed by atoms with Crippen LogP contribution in [0.1, 0.15) is 86.5 Å². The van der Waals surface area contributed by atoms with Gasteiger partial charge in [-0.1, -0.05) is 44.4 Å². The molecular formula is C38H63N3O6S2. The van der Waals surface area contributed by atoms with Gasteiger partial charge in [0.05, 0.1) is 28.0 Å². The van der Waals surface area contributed by atoms with Crippen molar-refractivity contribution in [2.45, 2.75) is 115 Å². The standard InChI is InChI=1S/C34H53N3O4S.C2H6O2S.C2H4/c1-7-13-30(38)23(2)24(3)32(40)35-28(22-42-27-16-9-8-10-17-27)31(39)21-37-20-26-15-12-11-14-25(18-26)19-29(37)33(41)36-34(4,5)6;1-5(2,3)4;1-2/h8-10,13,16-17,25-26,28-29,31,38-39H,7,11-12,14-15,18-22H2,1-6H3,(H,35,40)(H,36,41);1H2,2H3,(H,3,4);1-2H2/b24-23+,30-13+;;/t25?,26?,28-,29-,31?;;/m0../s1. The summed E-state index contributed by atoms with van der Waals surface area (Å²) in [6.45, 7) is 18.4. The van der Waals surface area contributed by atoms with E-state index in [0.717, 1.165) is 43.4 Å². The molecule has 11 heteroatoms. The van der Waals surface area contributed by atoms with E-state index < -0.39 is 21.9 Å². The first-order valence-electron chi connectivity index (χ1n) is 17.2. The number of aliphatic hydroxyl groups excluding tert-OH is 2. The second kappa shape index (κ2) is 21.6. The zero-order valence-corrected chi connectivity index (χ0v) is 32.5. The maximum Gasteiger partial charge on any atom is 0.247 e. The SMILES string of the molecule is C=C.C=S(C)(=O)O.CC/C=C(O)\C(C)=C(/C)C(=O)N[C@@H](CSc1ccccc1)C(O)CN1CC2CCCCC(C2)C[C@H]1C(=O)NC(C)(C)C. The average molecular weight is 722 g/mol. The number of hydrogen-bond acceptors (Lipinski definition) is 7. The molecule has 5 N–H and O–H groups in total. The highest BCUT2D eigenvalue weighted by molar-refractivity contribution is 7.99. The highest BCUT2D eigenvalue weighted by Crippen LogP contribution is 2.36.